The van der Waals surface area contributed by atoms with Crippen molar-refractivity contribution in [2.45, 2.75) is 6.92 Å². The van der Waals surface area contributed by atoms with E-state index in [9.17, 15) is 13.0 Å². The maximum Gasteiger partial charge on any atom is 0.225 e. The zero-order valence-electron chi connectivity index (χ0n) is 20.5. The summed E-state index contributed by atoms with van der Waals surface area (Å²) in [4.78, 5) is 10.4. The van der Waals surface area contributed by atoms with E-state index in [2.05, 4.69) is 114 Å². The number of nitrogens with zero attached hydrogens (tertiary/aromatic N) is 2. The lowest BCUT2D eigenvalue weighted by atomic mass is 10.00. The highest BCUT2D eigenvalue weighted by molar-refractivity contribution is 7.80. The van der Waals surface area contributed by atoms with Gasteiger partial charge in [0.2, 0.25) is 16.1 Å². The van der Waals surface area contributed by atoms with Crippen LogP contribution in [0.3, 0.4) is 0 Å². The molecule has 0 saturated heterocycles. The topological polar surface area (TPSA) is 96.5 Å². The second kappa shape index (κ2) is 10.4. The zero-order valence-corrected chi connectivity index (χ0v) is 21.3. The fourth-order valence-corrected chi connectivity index (χ4v) is 3.94. The molecule has 184 valence electrons. The van der Waals surface area contributed by atoms with Crippen LogP contribution in [0, 0.1) is 6.92 Å². The number of nitrogens with one attached hydrogen (secondary N) is 1. The monoisotopic (exact) mass is 501 g/mol. The zero-order chi connectivity index (χ0) is 25.9. The first kappa shape index (κ1) is 25.2. The quantitative estimate of drug-likeness (QED) is 0.132. The molecule has 1 aromatic heterocycles. The van der Waals surface area contributed by atoms with Gasteiger partial charge in [-0.1, -0.05) is 30.3 Å². The second-order valence-electron chi connectivity index (χ2n) is 8.52. The first-order chi connectivity index (χ1) is 17.1. The van der Waals surface area contributed by atoms with E-state index in [0.29, 0.717) is 0 Å². The maximum absolute atomic E-state index is 9.22. The number of aryl methyl sites for hydroxylation is 1. The summed E-state index contributed by atoms with van der Waals surface area (Å²) in [6.07, 6.45) is 2.04. The van der Waals surface area contributed by atoms with Crippen LogP contribution in [0.2, 0.25) is 0 Å². The van der Waals surface area contributed by atoms with Crippen LogP contribution in [-0.2, 0) is 14.6 Å². The summed E-state index contributed by atoms with van der Waals surface area (Å²) in [7, 11) is 0.496. The number of pyridine rings is 1. The highest BCUT2D eigenvalue weighted by Crippen LogP contribution is 2.30. The molecule has 8 heteroatoms. The van der Waals surface area contributed by atoms with Crippen molar-refractivity contribution >= 4 is 60.4 Å². The molecule has 0 spiro atoms. The van der Waals surface area contributed by atoms with Crippen LogP contribution in [0.15, 0.2) is 78.9 Å². The van der Waals surface area contributed by atoms with Gasteiger partial charge in [-0.05, 0) is 70.9 Å². The highest BCUT2D eigenvalue weighted by Gasteiger charge is 2.10. The molecule has 0 amide bonds. The number of rotatable bonds is 4. The first-order valence-corrected chi connectivity index (χ1v) is 12.6. The highest BCUT2D eigenvalue weighted by atomic mass is 32.3. The molecule has 0 unspecified atom stereocenters. The Labute approximate surface area is 210 Å². The fourth-order valence-electron chi connectivity index (χ4n) is 3.94. The molecule has 0 aliphatic carbocycles. The molecule has 0 bridgehead atoms. The number of hydrogen-bond acceptors (Lipinski definition) is 6. The Kier molecular flexibility index (Phi) is 7.30. The third kappa shape index (κ3) is 5.85. The normalized spacial score (nSPS) is 11.7. The lowest BCUT2D eigenvalue weighted by Gasteiger charge is -2.11. The Bertz CT molecular complexity index is 1680. The Morgan fingerprint density at radius 3 is 2.14 bits per heavy atom. The van der Waals surface area contributed by atoms with Crippen molar-refractivity contribution < 1.29 is 22.1 Å². The third-order valence-electron chi connectivity index (χ3n) is 5.88. The molecule has 0 aliphatic rings. The summed E-state index contributed by atoms with van der Waals surface area (Å²) in [5, 5.41) is 6.15. The first-order valence-electron chi connectivity index (χ1n) is 11.3. The van der Waals surface area contributed by atoms with E-state index in [1.807, 2.05) is 6.21 Å². The lowest BCUT2D eigenvalue weighted by Crippen LogP contribution is -2.62. The van der Waals surface area contributed by atoms with E-state index in [-0.39, 0.29) is 0 Å². The van der Waals surface area contributed by atoms with Gasteiger partial charge >= 0.3 is 0 Å². The minimum Gasteiger partial charge on any atom is -0.726 e. The standard InChI is InChI=1S/C27H23N3.CH4O4S/c1-18-27(28-17-19-8-11-23(12-9-19)30(2)3)16-25-24-15-21-7-5-4-6-20(21)14-22(24)10-13-26(25)29-18;1-5-6(2,3)4/h4-17H,1-3H3;1H3,(H,2,3,4). The van der Waals surface area contributed by atoms with Crippen LogP contribution >= 0.6 is 0 Å². The van der Waals surface area contributed by atoms with Gasteiger partial charge in [-0.2, -0.15) is 0 Å². The number of aromatic nitrogens is 1. The molecule has 1 N–H and O–H groups in total. The summed E-state index contributed by atoms with van der Waals surface area (Å²) in [5.41, 5.74) is 5.36. The number of benzene rings is 4. The molecule has 4 aromatic carbocycles. The van der Waals surface area contributed by atoms with Crippen LogP contribution in [-0.4, -0.2) is 45.4 Å². The van der Waals surface area contributed by atoms with Crippen molar-refractivity contribution in [2.24, 2.45) is 0 Å². The molecule has 0 radical (unpaired) electrons. The minimum absolute atomic E-state index is 0.808. The summed E-state index contributed by atoms with van der Waals surface area (Å²) in [6.45, 7) is 2.05. The molecule has 0 saturated carbocycles. The van der Waals surface area contributed by atoms with E-state index < -0.39 is 10.4 Å². The third-order valence-corrected chi connectivity index (χ3v) is 6.29. The number of fused-ring (bicyclic) bond motifs is 4. The van der Waals surface area contributed by atoms with Crippen molar-refractivity contribution in [3.8, 4) is 0 Å². The van der Waals surface area contributed by atoms with Crippen LogP contribution in [0.1, 0.15) is 11.3 Å². The molecular formula is C28H27N3O4S. The molecule has 0 fully saturated rings. The smallest absolute Gasteiger partial charge is 0.225 e. The maximum atomic E-state index is 9.22. The molecule has 0 aliphatic heterocycles. The lowest BCUT2D eigenvalue weighted by molar-refractivity contribution is -0.347. The summed E-state index contributed by atoms with van der Waals surface area (Å²) >= 11 is 0. The van der Waals surface area contributed by atoms with Crippen LogP contribution in [0.25, 0.3) is 32.4 Å². The Morgan fingerprint density at radius 1 is 0.889 bits per heavy atom. The Balaban J connectivity index is 0.000000455. The number of anilines is 1. The average Bonchev–Trinajstić information content (AvgIpc) is 2.86. The number of hydrogen-bond donors (Lipinski definition) is 1. The predicted molar refractivity (Wildman–Crippen MR) is 145 cm³/mol. The molecule has 0 atom stereocenters. The summed E-state index contributed by atoms with van der Waals surface area (Å²) < 4.78 is 31.0. The van der Waals surface area contributed by atoms with Crippen molar-refractivity contribution in [1.29, 1.82) is 0 Å². The van der Waals surface area contributed by atoms with Gasteiger partial charge in [0.25, 0.3) is 0 Å². The SMILES string of the molecule is COS(=O)(=O)[O-].Cc1nc2ccc3cc4ccccc4cc3c2cc1[NH+]=Cc1ccc(N(C)C)cc1. The van der Waals surface area contributed by atoms with Gasteiger partial charge in [0.15, 0.2) is 6.21 Å². The van der Waals surface area contributed by atoms with Crippen molar-refractivity contribution in [2.75, 3.05) is 26.1 Å². The molecular weight excluding hydrogens is 474 g/mol. The van der Waals surface area contributed by atoms with E-state index in [1.165, 1.54) is 32.6 Å². The van der Waals surface area contributed by atoms with Gasteiger partial charge in [0.05, 0.1) is 12.6 Å². The van der Waals surface area contributed by atoms with Gasteiger partial charge in [-0.3, -0.25) is 4.18 Å². The van der Waals surface area contributed by atoms with Gasteiger partial charge in [-0.15, -0.1) is 0 Å². The fraction of sp³-hybridized carbons (Fsp3) is 0.143. The van der Waals surface area contributed by atoms with E-state index in [1.54, 1.807) is 0 Å². The Morgan fingerprint density at radius 2 is 1.53 bits per heavy atom. The van der Waals surface area contributed by atoms with Gasteiger partial charge in [0, 0.05) is 36.8 Å². The van der Waals surface area contributed by atoms with E-state index in [4.69, 9.17) is 4.98 Å². The van der Waals surface area contributed by atoms with Gasteiger partial charge < -0.3 is 9.45 Å². The second-order valence-corrected chi connectivity index (χ2v) is 9.67. The largest absolute Gasteiger partial charge is 0.726 e. The molecule has 7 nitrogen and oxygen atoms in total. The van der Waals surface area contributed by atoms with Gasteiger partial charge in [-0.25, -0.2) is 18.4 Å². The summed E-state index contributed by atoms with van der Waals surface area (Å²) in [5.74, 6) is 0. The predicted octanol–water partition coefficient (Wildman–Crippen LogP) is 3.84. The molecule has 5 aromatic rings. The van der Waals surface area contributed by atoms with Gasteiger partial charge in [0.1, 0.15) is 5.69 Å². The summed E-state index contributed by atoms with van der Waals surface area (Å²) in [6, 6.07) is 28.0. The van der Waals surface area contributed by atoms with Crippen LogP contribution in [0.4, 0.5) is 11.4 Å². The van der Waals surface area contributed by atoms with E-state index in [0.717, 1.165) is 29.6 Å². The van der Waals surface area contributed by atoms with Crippen LogP contribution < -0.4 is 9.89 Å². The molecule has 5 rings (SSSR count). The van der Waals surface area contributed by atoms with Crippen LogP contribution in [0.5, 0.6) is 0 Å². The Hall–Kier alpha value is -3.85. The molecule has 1 heterocycles. The van der Waals surface area contributed by atoms with E-state index >= 15 is 0 Å². The van der Waals surface area contributed by atoms with Crippen molar-refractivity contribution in [3.63, 3.8) is 0 Å². The average molecular weight is 502 g/mol. The van der Waals surface area contributed by atoms with Crippen molar-refractivity contribution in [3.05, 3.63) is 90.1 Å². The van der Waals surface area contributed by atoms with Crippen molar-refractivity contribution in [1.82, 2.24) is 4.98 Å². The molecule has 36 heavy (non-hydrogen) atoms. The minimum atomic E-state index is -4.41.